The lowest BCUT2D eigenvalue weighted by Gasteiger charge is -2.12. The number of pyridine rings is 1. The van der Waals surface area contributed by atoms with E-state index >= 15 is 0 Å². The first-order valence-corrected chi connectivity index (χ1v) is 8.16. The second kappa shape index (κ2) is 8.36. The first-order chi connectivity index (χ1) is 11.6. The predicted molar refractivity (Wildman–Crippen MR) is 98.3 cm³/mol. The predicted octanol–water partition coefficient (Wildman–Crippen LogP) is 3.31. The topological polar surface area (TPSA) is 71.1 Å². The second-order valence-electron chi connectivity index (χ2n) is 5.53. The number of nitrogens with one attached hydrogen (secondary N) is 2. The molecule has 0 fully saturated rings. The third-order valence-electron chi connectivity index (χ3n) is 3.75. The van der Waals surface area contributed by atoms with Crippen molar-refractivity contribution in [2.24, 2.45) is 0 Å². The number of likely N-dealkylation sites (N-methyl/N-ethyl adjacent to an activating group) is 1. The summed E-state index contributed by atoms with van der Waals surface area (Å²) in [7, 11) is 1.70. The largest absolute Gasteiger partial charge is 0.323 e. The van der Waals surface area contributed by atoms with Crippen LogP contribution in [0.3, 0.4) is 0 Å². The number of carbonyl (C=O) groups is 2. The number of rotatable bonds is 7. The molecule has 0 saturated carbocycles. The normalized spacial score (nSPS) is 10.5. The molecule has 0 radical (unpaired) electrons. The van der Waals surface area contributed by atoms with Gasteiger partial charge in [0.25, 0.3) is 0 Å². The van der Waals surface area contributed by atoms with Crippen molar-refractivity contribution in [1.82, 2.24) is 10.3 Å². The molecule has 128 valence electrons. The summed E-state index contributed by atoms with van der Waals surface area (Å²) in [5, 5.41) is 5.58. The number of anilines is 1. The molecule has 0 spiro atoms. The fourth-order valence-electron chi connectivity index (χ4n) is 2.43. The SMILES string of the molecule is CCC(=O)c1ncc(-c2cccc(CC)c2)cc1NC(=O)CNC.[HH]. The van der Waals surface area contributed by atoms with Crippen LogP contribution in [-0.2, 0) is 11.2 Å². The minimum atomic E-state index is -0.205. The molecule has 5 nitrogen and oxygen atoms in total. The molecular formula is C19H25N3O2. The highest BCUT2D eigenvalue weighted by Gasteiger charge is 2.15. The van der Waals surface area contributed by atoms with Crippen molar-refractivity contribution in [2.45, 2.75) is 26.7 Å². The number of Topliss-reactive ketones (excluding diaryl/α,β-unsaturated/α-hetero) is 1. The molecule has 0 atom stereocenters. The number of ketones is 1. The number of hydrogen-bond acceptors (Lipinski definition) is 4. The molecule has 0 aliphatic carbocycles. The highest BCUT2D eigenvalue weighted by Crippen LogP contribution is 2.25. The molecule has 1 aromatic heterocycles. The fraction of sp³-hybridized carbons (Fsp3) is 0.316. The molecular weight excluding hydrogens is 302 g/mol. The van der Waals surface area contributed by atoms with E-state index in [4.69, 9.17) is 0 Å². The lowest BCUT2D eigenvalue weighted by atomic mass is 10.0. The van der Waals surface area contributed by atoms with Crippen LogP contribution < -0.4 is 10.6 Å². The highest BCUT2D eigenvalue weighted by molar-refractivity contribution is 6.04. The van der Waals surface area contributed by atoms with E-state index in [0.717, 1.165) is 17.5 Å². The number of aryl methyl sites for hydroxylation is 1. The van der Waals surface area contributed by atoms with Crippen LogP contribution in [0.15, 0.2) is 36.5 Å². The first-order valence-electron chi connectivity index (χ1n) is 8.16. The van der Waals surface area contributed by atoms with Gasteiger partial charge in [-0.1, -0.05) is 38.1 Å². The van der Waals surface area contributed by atoms with E-state index in [1.165, 1.54) is 5.56 Å². The van der Waals surface area contributed by atoms with Gasteiger partial charge in [-0.2, -0.15) is 0 Å². The van der Waals surface area contributed by atoms with E-state index in [1.807, 2.05) is 18.2 Å². The van der Waals surface area contributed by atoms with Gasteiger partial charge in [0.2, 0.25) is 5.91 Å². The molecule has 1 aromatic carbocycles. The number of amides is 1. The molecule has 0 bridgehead atoms. The number of aromatic nitrogens is 1. The number of benzene rings is 1. The Labute approximate surface area is 144 Å². The monoisotopic (exact) mass is 327 g/mol. The van der Waals surface area contributed by atoms with Crippen molar-refractivity contribution in [1.29, 1.82) is 0 Å². The first kappa shape index (κ1) is 17.8. The zero-order valence-corrected chi connectivity index (χ0v) is 14.3. The standard InChI is InChI=1S/C19H23N3O2.H2/c1-4-13-7-6-8-14(9-13)15-10-16(22-18(24)12-20-3)19(21-11-15)17(23)5-2;/h6-11,20H,4-5,12H2,1-3H3,(H,22,24);1H. The molecule has 24 heavy (non-hydrogen) atoms. The summed E-state index contributed by atoms with van der Waals surface area (Å²) in [6.07, 6.45) is 2.97. The Kier molecular flexibility index (Phi) is 6.21. The molecule has 2 aromatic rings. The van der Waals surface area contributed by atoms with Crippen LogP contribution in [0.25, 0.3) is 11.1 Å². The molecule has 1 heterocycles. The number of carbonyl (C=O) groups excluding carboxylic acids is 2. The van der Waals surface area contributed by atoms with E-state index in [1.54, 1.807) is 20.2 Å². The Balaban J connectivity index is 0.00000312. The third-order valence-corrected chi connectivity index (χ3v) is 3.75. The maximum absolute atomic E-state index is 12.1. The van der Waals surface area contributed by atoms with Crippen LogP contribution in [0.5, 0.6) is 0 Å². The minimum Gasteiger partial charge on any atom is -0.323 e. The average molecular weight is 327 g/mol. The van der Waals surface area contributed by atoms with Gasteiger partial charge in [-0.3, -0.25) is 14.6 Å². The molecule has 5 heteroatoms. The van der Waals surface area contributed by atoms with Gasteiger partial charge < -0.3 is 10.6 Å². The maximum Gasteiger partial charge on any atom is 0.238 e. The molecule has 2 N–H and O–H groups in total. The summed E-state index contributed by atoms with van der Waals surface area (Å²) >= 11 is 0. The highest BCUT2D eigenvalue weighted by atomic mass is 16.2. The summed E-state index contributed by atoms with van der Waals surface area (Å²) in [5.74, 6) is -0.299. The Hall–Kier alpha value is -2.53. The Bertz CT molecular complexity index is 747. The molecule has 0 aliphatic heterocycles. The van der Waals surface area contributed by atoms with Crippen LogP contribution in [-0.4, -0.2) is 30.3 Å². The molecule has 0 unspecified atom stereocenters. The van der Waals surface area contributed by atoms with Gasteiger partial charge >= 0.3 is 0 Å². The van der Waals surface area contributed by atoms with E-state index < -0.39 is 0 Å². The number of nitrogens with zero attached hydrogens (tertiary/aromatic N) is 1. The zero-order chi connectivity index (χ0) is 17.5. The van der Waals surface area contributed by atoms with Crippen LogP contribution in [0, 0.1) is 0 Å². The van der Waals surface area contributed by atoms with Gasteiger partial charge in [-0.05, 0) is 30.7 Å². The van der Waals surface area contributed by atoms with Crippen molar-refractivity contribution < 1.29 is 11.0 Å². The van der Waals surface area contributed by atoms with Gasteiger partial charge in [0.05, 0.1) is 12.2 Å². The lowest BCUT2D eigenvalue weighted by molar-refractivity contribution is -0.115. The Morgan fingerprint density at radius 1 is 1.17 bits per heavy atom. The van der Waals surface area contributed by atoms with Gasteiger partial charge in [0, 0.05) is 19.6 Å². The Morgan fingerprint density at radius 2 is 1.96 bits per heavy atom. The molecule has 0 saturated heterocycles. The summed E-state index contributed by atoms with van der Waals surface area (Å²) < 4.78 is 0. The zero-order valence-electron chi connectivity index (χ0n) is 14.3. The summed E-state index contributed by atoms with van der Waals surface area (Å²) in [4.78, 5) is 28.3. The van der Waals surface area contributed by atoms with Gasteiger partial charge in [0.1, 0.15) is 5.69 Å². The second-order valence-corrected chi connectivity index (χ2v) is 5.53. The molecule has 0 aliphatic rings. The minimum absolute atomic E-state index is 0. The van der Waals surface area contributed by atoms with Crippen molar-refractivity contribution >= 4 is 17.4 Å². The van der Waals surface area contributed by atoms with Crippen molar-refractivity contribution in [3.63, 3.8) is 0 Å². The smallest absolute Gasteiger partial charge is 0.238 e. The van der Waals surface area contributed by atoms with E-state index in [0.29, 0.717) is 17.8 Å². The van der Waals surface area contributed by atoms with Crippen LogP contribution >= 0.6 is 0 Å². The quantitative estimate of drug-likeness (QED) is 0.765. The van der Waals surface area contributed by atoms with E-state index in [-0.39, 0.29) is 19.7 Å². The van der Waals surface area contributed by atoms with Gasteiger partial charge in [-0.15, -0.1) is 0 Å². The number of hydrogen-bond donors (Lipinski definition) is 2. The molecule has 1 amide bonds. The van der Waals surface area contributed by atoms with Gasteiger partial charge in [-0.25, -0.2) is 0 Å². The summed E-state index contributed by atoms with van der Waals surface area (Å²) in [6, 6.07) is 9.98. The van der Waals surface area contributed by atoms with Crippen LogP contribution in [0.4, 0.5) is 5.69 Å². The molecule has 2 rings (SSSR count). The van der Waals surface area contributed by atoms with Crippen molar-refractivity contribution in [3.05, 3.63) is 47.8 Å². The van der Waals surface area contributed by atoms with Crippen LogP contribution in [0.1, 0.15) is 37.7 Å². The third kappa shape index (κ3) is 4.26. The van der Waals surface area contributed by atoms with Crippen LogP contribution in [0.2, 0.25) is 0 Å². The summed E-state index contributed by atoms with van der Waals surface area (Å²) in [6.45, 7) is 4.06. The average Bonchev–Trinajstić information content (AvgIpc) is 2.61. The fourth-order valence-corrected chi connectivity index (χ4v) is 2.43. The Morgan fingerprint density at radius 3 is 2.62 bits per heavy atom. The van der Waals surface area contributed by atoms with Crippen molar-refractivity contribution in [2.75, 3.05) is 18.9 Å². The summed E-state index contributed by atoms with van der Waals surface area (Å²) in [5.41, 5.74) is 3.88. The van der Waals surface area contributed by atoms with Gasteiger partial charge in [0.15, 0.2) is 5.78 Å². The van der Waals surface area contributed by atoms with Crippen molar-refractivity contribution in [3.8, 4) is 11.1 Å². The lowest BCUT2D eigenvalue weighted by Crippen LogP contribution is -2.26. The maximum atomic E-state index is 12.1. The van der Waals surface area contributed by atoms with E-state index in [2.05, 4.69) is 34.7 Å². The van der Waals surface area contributed by atoms with E-state index in [9.17, 15) is 9.59 Å².